The zero-order chi connectivity index (χ0) is 18.4. The van der Waals surface area contributed by atoms with Crippen LogP contribution in [0.3, 0.4) is 0 Å². The van der Waals surface area contributed by atoms with E-state index in [0.717, 1.165) is 17.1 Å². The Kier molecular flexibility index (Phi) is 7.15. The predicted molar refractivity (Wildman–Crippen MR) is 99.2 cm³/mol. The molecule has 1 aromatic carbocycles. The number of hydrogen-bond donors (Lipinski definition) is 0. The molecule has 140 valence electrons. The molecule has 0 aliphatic carbocycles. The maximum Gasteiger partial charge on any atom is 0.311 e. The highest BCUT2D eigenvalue weighted by Crippen LogP contribution is 2.32. The van der Waals surface area contributed by atoms with Gasteiger partial charge in [-0.05, 0) is 31.0 Å². The number of ether oxygens (including phenoxy) is 2. The van der Waals surface area contributed by atoms with E-state index in [4.69, 9.17) is 9.47 Å². The fraction of sp³-hybridized carbons (Fsp3) is 0.588. The summed E-state index contributed by atoms with van der Waals surface area (Å²) in [7, 11) is -1.67. The summed E-state index contributed by atoms with van der Waals surface area (Å²) in [5.74, 6) is 0.804. The van der Waals surface area contributed by atoms with E-state index in [9.17, 15) is 13.2 Å². The number of benzene rings is 1. The summed E-state index contributed by atoms with van der Waals surface area (Å²) in [6.07, 6.45) is 1.82. The standard InChI is InChI=1S/C17H25NO5S2/c1-4-23-17(19)15-11-18(25(3,20)21)10-9-16(15)24-12-13-5-7-14(22-2)8-6-13/h5-8,15-16H,4,9-12H2,1-3H3. The zero-order valence-corrected chi connectivity index (χ0v) is 16.4. The lowest BCUT2D eigenvalue weighted by Gasteiger charge is -2.35. The summed E-state index contributed by atoms with van der Waals surface area (Å²) in [6.45, 7) is 2.69. The maximum atomic E-state index is 12.3. The van der Waals surface area contributed by atoms with Gasteiger partial charge in [0.15, 0.2) is 0 Å². The molecular formula is C17H25NO5S2. The van der Waals surface area contributed by atoms with Gasteiger partial charge in [-0.1, -0.05) is 12.1 Å². The molecule has 0 N–H and O–H groups in total. The number of hydrogen-bond acceptors (Lipinski definition) is 6. The van der Waals surface area contributed by atoms with Crippen LogP contribution in [0.4, 0.5) is 0 Å². The van der Waals surface area contributed by atoms with Gasteiger partial charge < -0.3 is 9.47 Å². The van der Waals surface area contributed by atoms with Crippen molar-refractivity contribution in [1.29, 1.82) is 0 Å². The number of thioether (sulfide) groups is 1. The lowest BCUT2D eigenvalue weighted by Crippen LogP contribution is -2.47. The molecule has 1 aliphatic heterocycles. The molecular weight excluding hydrogens is 362 g/mol. The van der Waals surface area contributed by atoms with E-state index in [-0.39, 0.29) is 17.8 Å². The number of rotatable bonds is 7. The molecule has 1 heterocycles. The monoisotopic (exact) mass is 387 g/mol. The van der Waals surface area contributed by atoms with Crippen LogP contribution in [0.5, 0.6) is 5.75 Å². The van der Waals surface area contributed by atoms with Gasteiger partial charge in [-0.25, -0.2) is 12.7 Å². The van der Waals surface area contributed by atoms with Crippen LogP contribution in [0.15, 0.2) is 24.3 Å². The van der Waals surface area contributed by atoms with Gasteiger partial charge >= 0.3 is 5.97 Å². The normalized spacial score (nSPS) is 21.7. The molecule has 0 saturated carbocycles. The van der Waals surface area contributed by atoms with Gasteiger partial charge in [0.05, 0.1) is 25.9 Å². The minimum Gasteiger partial charge on any atom is -0.497 e. The molecule has 0 bridgehead atoms. The van der Waals surface area contributed by atoms with Gasteiger partial charge in [0.2, 0.25) is 10.0 Å². The third-order valence-corrected chi connectivity index (χ3v) is 6.96. The number of carbonyl (C=O) groups excluding carboxylic acids is 1. The van der Waals surface area contributed by atoms with E-state index in [1.54, 1.807) is 25.8 Å². The zero-order valence-electron chi connectivity index (χ0n) is 14.8. The van der Waals surface area contributed by atoms with Gasteiger partial charge in [0.1, 0.15) is 5.75 Å². The van der Waals surface area contributed by atoms with Crippen LogP contribution in [0.2, 0.25) is 0 Å². The molecule has 1 saturated heterocycles. The minimum atomic E-state index is -3.30. The highest BCUT2D eigenvalue weighted by molar-refractivity contribution is 7.99. The Balaban J connectivity index is 2.04. The first-order valence-corrected chi connectivity index (χ1v) is 11.1. The Hall–Kier alpha value is -1.25. The van der Waals surface area contributed by atoms with E-state index in [1.165, 1.54) is 10.6 Å². The van der Waals surface area contributed by atoms with Gasteiger partial charge in [-0.15, -0.1) is 0 Å². The highest BCUT2D eigenvalue weighted by atomic mass is 32.2. The van der Waals surface area contributed by atoms with E-state index in [1.807, 2.05) is 24.3 Å². The van der Waals surface area contributed by atoms with Crippen molar-refractivity contribution in [2.24, 2.45) is 5.92 Å². The molecule has 25 heavy (non-hydrogen) atoms. The maximum absolute atomic E-state index is 12.3. The molecule has 1 aromatic rings. The predicted octanol–water partition coefficient (Wildman–Crippen LogP) is 2.14. The number of esters is 1. The van der Waals surface area contributed by atoms with Gasteiger partial charge in [0, 0.05) is 24.1 Å². The Labute approximate surface area is 153 Å². The van der Waals surface area contributed by atoms with E-state index >= 15 is 0 Å². The summed E-state index contributed by atoms with van der Waals surface area (Å²) < 4.78 is 35.3. The van der Waals surface area contributed by atoms with Gasteiger partial charge in [-0.3, -0.25) is 4.79 Å². The van der Waals surface area contributed by atoms with E-state index < -0.39 is 15.9 Å². The van der Waals surface area contributed by atoms with Crippen LogP contribution < -0.4 is 4.74 Å². The van der Waals surface area contributed by atoms with Crippen LogP contribution in [0.1, 0.15) is 18.9 Å². The second-order valence-corrected chi connectivity index (χ2v) is 9.18. The van der Waals surface area contributed by atoms with Crippen molar-refractivity contribution in [3.05, 3.63) is 29.8 Å². The summed E-state index contributed by atoms with van der Waals surface area (Å²) >= 11 is 1.68. The average molecular weight is 388 g/mol. The number of sulfonamides is 1. The van der Waals surface area contributed by atoms with Crippen molar-refractivity contribution in [2.45, 2.75) is 24.3 Å². The Morgan fingerprint density at radius 2 is 2.00 bits per heavy atom. The van der Waals surface area contributed by atoms with E-state index in [0.29, 0.717) is 19.6 Å². The van der Waals surface area contributed by atoms with E-state index in [2.05, 4.69) is 0 Å². The van der Waals surface area contributed by atoms with Crippen molar-refractivity contribution < 1.29 is 22.7 Å². The quantitative estimate of drug-likeness (QED) is 0.668. The average Bonchev–Trinajstić information content (AvgIpc) is 2.59. The Morgan fingerprint density at radius 1 is 1.32 bits per heavy atom. The van der Waals surface area contributed by atoms with Crippen LogP contribution in [-0.2, 0) is 25.3 Å². The molecule has 2 unspecified atom stereocenters. The third kappa shape index (κ3) is 5.62. The van der Waals surface area contributed by atoms with Crippen LogP contribution >= 0.6 is 11.8 Å². The smallest absolute Gasteiger partial charge is 0.311 e. The minimum absolute atomic E-state index is 0.0409. The highest BCUT2D eigenvalue weighted by Gasteiger charge is 2.38. The Bertz CT molecular complexity index is 675. The molecule has 0 radical (unpaired) electrons. The first kappa shape index (κ1) is 20.1. The largest absolute Gasteiger partial charge is 0.497 e. The fourth-order valence-corrected chi connectivity index (χ4v) is 4.97. The van der Waals surface area contributed by atoms with Crippen LogP contribution in [-0.4, -0.2) is 57.0 Å². The van der Waals surface area contributed by atoms with Gasteiger partial charge in [0.25, 0.3) is 0 Å². The molecule has 6 nitrogen and oxygen atoms in total. The molecule has 0 spiro atoms. The lowest BCUT2D eigenvalue weighted by molar-refractivity contribution is -0.148. The van der Waals surface area contributed by atoms with Crippen LogP contribution in [0, 0.1) is 5.92 Å². The second-order valence-electron chi connectivity index (χ2n) is 5.97. The summed E-state index contributed by atoms with van der Waals surface area (Å²) in [4.78, 5) is 12.3. The van der Waals surface area contributed by atoms with Gasteiger partial charge in [-0.2, -0.15) is 11.8 Å². The molecule has 2 atom stereocenters. The molecule has 0 aromatic heterocycles. The lowest BCUT2D eigenvalue weighted by atomic mass is 9.99. The first-order valence-electron chi connectivity index (χ1n) is 8.21. The van der Waals surface area contributed by atoms with Crippen molar-refractivity contribution in [3.63, 3.8) is 0 Å². The first-order chi connectivity index (χ1) is 11.8. The van der Waals surface area contributed by atoms with Crippen LogP contribution in [0.25, 0.3) is 0 Å². The number of carbonyl (C=O) groups is 1. The Morgan fingerprint density at radius 3 is 2.56 bits per heavy atom. The van der Waals surface area contributed by atoms with Crippen molar-refractivity contribution in [3.8, 4) is 5.75 Å². The number of methoxy groups -OCH3 is 1. The van der Waals surface area contributed by atoms with Crippen molar-refractivity contribution >= 4 is 27.8 Å². The summed E-state index contributed by atoms with van der Waals surface area (Å²) in [5, 5.41) is 0.0409. The molecule has 2 rings (SSSR count). The van der Waals surface area contributed by atoms with Crippen molar-refractivity contribution in [1.82, 2.24) is 4.31 Å². The SMILES string of the molecule is CCOC(=O)C1CN(S(C)(=O)=O)CCC1SCc1ccc(OC)cc1. The number of nitrogens with zero attached hydrogens (tertiary/aromatic N) is 1. The summed E-state index contributed by atoms with van der Waals surface area (Å²) in [6, 6.07) is 7.81. The summed E-state index contributed by atoms with van der Waals surface area (Å²) in [5.41, 5.74) is 1.14. The molecule has 0 amide bonds. The fourth-order valence-electron chi connectivity index (χ4n) is 2.80. The van der Waals surface area contributed by atoms with Crippen molar-refractivity contribution in [2.75, 3.05) is 33.1 Å². The molecule has 8 heteroatoms. The topological polar surface area (TPSA) is 72.9 Å². The second kappa shape index (κ2) is 8.91. The third-order valence-electron chi connectivity index (χ3n) is 4.19. The molecule has 1 fully saturated rings. The number of piperidine rings is 1. The molecule has 1 aliphatic rings.